The molecule has 0 aromatic heterocycles. The molecule has 0 radical (unpaired) electrons. The zero-order chi connectivity index (χ0) is 13.5. The molecule has 0 aliphatic heterocycles. The minimum Gasteiger partial charge on any atom is -0.409 e. The van der Waals surface area contributed by atoms with Gasteiger partial charge in [-0.05, 0) is 35.4 Å². The lowest BCUT2D eigenvalue weighted by Gasteiger charge is -2.08. The number of nitrogens with zero attached hydrogens (tertiary/aromatic N) is 1. The van der Waals surface area contributed by atoms with Crippen molar-refractivity contribution in [3.8, 4) is 0 Å². The standard InChI is InChI=1S/C13H19FN2OS/c1-3-9(2)7-18-8-10-4-11(13(15)16-17)6-12(14)5-10/h4-6,9,17H,3,7-8H2,1-2H3,(H2,15,16). The van der Waals surface area contributed by atoms with Crippen molar-refractivity contribution in [2.75, 3.05) is 5.75 Å². The number of amidine groups is 1. The Labute approximate surface area is 111 Å². The largest absolute Gasteiger partial charge is 0.409 e. The Kier molecular flexibility index (Phi) is 5.98. The second kappa shape index (κ2) is 7.26. The van der Waals surface area contributed by atoms with E-state index in [1.807, 2.05) is 0 Å². The summed E-state index contributed by atoms with van der Waals surface area (Å²) in [6.07, 6.45) is 1.14. The summed E-state index contributed by atoms with van der Waals surface area (Å²) in [7, 11) is 0. The van der Waals surface area contributed by atoms with Gasteiger partial charge in [-0.1, -0.05) is 25.4 Å². The highest BCUT2D eigenvalue weighted by Gasteiger charge is 2.06. The van der Waals surface area contributed by atoms with E-state index in [-0.39, 0.29) is 11.7 Å². The average molecular weight is 270 g/mol. The lowest BCUT2D eigenvalue weighted by Crippen LogP contribution is -2.13. The predicted molar refractivity (Wildman–Crippen MR) is 74.5 cm³/mol. The van der Waals surface area contributed by atoms with Crippen LogP contribution >= 0.6 is 11.8 Å². The first kappa shape index (κ1) is 14.8. The van der Waals surface area contributed by atoms with Crippen LogP contribution < -0.4 is 5.73 Å². The third-order valence-corrected chi connectivity index (χ3v) is 4.07. The molecule has 0 saturated carbocycles. The molecule has 0 amide bonds. The summed E-state index contributed by atoms with van der Waals surface area (Å²) < 4.78 is 13.4. The van der Waals surface area contributed by atoms with E-state index in [4.69, 9.17) is 10.9 Å². The van der Waals surface area contributed by atoms with E-state index in [0.717, 1.165) is 23.5 Å². The fourth-order valence-corrected chi connectivity index (χ4v) is 2.59. The summed E-state index contributed by atoms with van der Waals surface area (Å²) in [4.78, 5) is 0. The van der Waals surface area contributed by atoms with Crippen molar-refractivity contribution in [3.63, 3.8) is 0 Å². The first-order chi connectivity index (χ1) is 8.56. The van der Waals surface area contributed by atoms with Crippen molar-refractivity contribution in [2.45, 2.75) is 26.0 Å². The number of hydrogen-bond donors (Lipinski definition) is 2. The molecule has 3 N–H and O–H groups in total. The van der Waals surface area contributed by atoms with Gasteiger partial charge in [0.15, 0.2) is 5.84 Å². The average Bonchev–Trinajstić information content (AvgIpc) is 2.36. The first-order valence-corrected chi connectivity index (χ1v) is 7.07. The lowest BCUT2D eigenvalue weighted by molar-refractivity contribution is 0.318. The Balaban J connectivity index is 2.69. The van der Waals surface area contributed by atoms with Crippen LogP contribution in [0.3, 0.4) is 0 Å². The fraction of sp³-hybridized carbons (Fsp3) is 0.462. The molecular formula is C13H19FN2OS. The molecule has 0 aliphatic rings. The molecule has 1 rings (SSSR count). The van der Waals surface area contributed by atoms with Crippen molar-refractivity contribution in [1.29, 1.82) is 0 Å². The number of rotatable bonds is 6. The molecule has 0 spiro atoms. The molecule has 18 heavy (non-hydrogen) atoms. The van der Waals surface area contributed by atoms with Gasteiger partial charge in [-0.2, -0.15) is 11.8 Å². The molecule has 1 aromatic carbocycles. The van der Waals surface area contributed by atoms with E-state index >= 15 is 0 Å². The molecular weight excluding hydrogens is 251 g/mol. The smallest absolute Gasteiger partial charge is 0.170 e. The molecule has 0 saturated heterocycles. The Morgan fingerprint density at radius 2 is 2.22 bits per heavy atom. The third-order valence-electron chi connectivity index (χ3n) is 2.73. The van der Waals surface area contributed by atoms with Crippen LogP contribution in [0.4, 0.5) is 4.39 Å². The number of nitrogens with two attached hydrogens (primary N) is 1. The second-order valence-electron chi connectivity index (χ2n) is 4.36. The monoisotopic (exact) mass is 270 g/mol. The maximum Gasteiger partial charge on any atom is 0.170 e. The number of hydrogen-bond acceptors (Lipinski definition) is 3. The van der Waals surface area contributed by atoms with Crippen LogP contribution in [0, 0.1) is 11.7 Å². The predicted octanol–water partition coefficient (Wildman–Crippen LogP) is 3.20. The Bertz CT molecular complexity index is 423. The van der Waals surface area contributed by atoms with Gasteiger partial charge in [-0.3, -0.25) is 0 Å². The molecule has 1 unspecified atom stereocenters. The van der Waals surface area contributed by atoms with E-state index in [1.54, 1.807) is 17.8 Å². The van der Waals surface area contributed by atoms with Crippen LogP contribution in [-0.2, 0) is 5.75 Å². The van der Waals surface area contributed by atoms with Gasteiger partial charge in [-0.15, -0.1) is 0 Å². The zero-order valence-corrected chi connectivity index (χ0v) is 11.5. The molecule has 0 aliphatic carbocycles. The quantitative estimate of drug-likeness (QED) is 0.361. The van der Waals surface area contributed by atoms with E-state index in [1.165, 1.54) is 12.1 Å². The van der Waals surface area contributed by atoms with Gasteiger partial charge in [0.25, 0.3) is 0 Å². The van der Waals surface area contributed by atoms with Gasteiger partial charge in [0.1, 0.15) is 5.82 Å². The highest BCUT2D eigenvalue weighted by Crippen LogP contribution is 2.19. The maximum atomic E-state index is 13.4. The highest BCUT2D eigenvalue weighted by molar-refractivity contribution is 7.98. The summed E-state index contributed by atoms with van der Waals surface area (Å²) in [5.74, 6) is 2.01. The molecule has 100 valence electrons. The van der Waals surface area contributed by atoms with Crippen molar-refractivity contribution in [3.05, 3.63) is 35.1 Å². The lowest BCUT2D eigenvalue weighted by atomic mass is 10.1. The van der Waals surface area contributed by atoms with Gasteiger partial charge in [0.05, 0.1) is 0 Å². The van der Waals surface area contributed by atoms with Gasteiger partial charge in [0, 0.05) is 11.3 Å². The summed E-state index contributed by atoms with van der Waals surface area (Å²) in [6.45, 7) is 4.35. The van der Waals surface area contributed by atoms with Crippen LogP contribution in [0.15, 0.2) is 23.4 Å². The molecule has 0 fully saturated rings. The van der Waals surface area contributed by atoms with E-state index in [0.29, 0.717) is 11.5 Å². The van der Waals surface area contributed by atoms with Crippen molar-refractivity contribution >= 4 is 17.6 Å². The Morgan fingerprint density at radius 1 is 1.50 bits per heavy atom. The van der Waals surface area contributed by atoms with Gasteiger partial charge in [-0.25, -0.2) is 4.39 Å². The van der Waals surface area contributed by atoms with Gasteiger partial charge >= 0.3 is 0 Å². The van der Waals surface area contributed by atoms with Gasteiger partial charge < -0.3 is 10.9 Å². The zero-order valence-electron chi connectivity index (χ0n) is 10.7. The summed E-state index contributed by atoms with van der Waals surface area (Å²) in [6, 6.07) is 4.50. The minimum absolute atomic E-state index is 0.0670. The minimum atomic E-state index is -0.363. The SMILES string of the molecule is CCC(C)CSCc1cc(F)cc(/C(N)=N/O)c1. The van der Waals surface area contributed by atoms with Crippen LogP contribution in [0.2, 0.25) is 0 Å². The normalized spacial score (nSPS) is 13.6. The van der Waals surface area contributed by atoms with Crippen molar-refractivity contribution in [1.82, 2.24) is 0 Å². The number of oxime groups is 1. The maximum absolute atomic E-state index is 13.4. The molecule has 5 heteroatoms. The Hall–Kier alpha value is -1.23. The summed E-state index contributed by atoms with van der Waals surface area (Å²) in [5.41, 5.74) is 6.72. The third kappa shape index (κ3) is 4.56. The van der Waals surface area contributed by atoms with Crippen molar-refractivity contribution in [2.24, 2.45) is 16.8 Å². The Morgan fingerprint density at radius 3 is 2.83 bits per heavy atom. The van der Waals surface area contributed by atoms with Crippen molar-refractivity contribution < 1.29 is 9.60 Å². The van der Waals surface area contributed by atoms with E-state index in [9.17, 15) is 4.39 Å². The number of halogens is 1. The van der Waals surface area contributed by atoms with E-state index < -0.39 is 0 Å². The molecule has 3 nitrogen and oxygen atoms in total. The fourth-order valence-electron chi connectivity index (χ4n) is 1.44. The molecule has 1 atom stereocenters. The van der Waals surface area contributed by atoms with Gasteiger partial charge in [0.2, 0.25) is 0 Å². The summed E-state index contributed by atoms with van der Waals surface area (Å²) in [5, 5.41) is 11.5. The molecule has 1 aromatic rings. The van der Waals surface area contributed by atoms with Crippen LogP contribution in [0.25, 0.3) is 0 Å². The van der Waals surface area contributed by atoms with Crippen LogP contribution in [0.1, 0.15) is 31.4 Å². The summed E-state index contributed by atoms with van der Waals surface area (Å²) >= 11 is 1.77. The number of thioether (sulfide) groups is 1. The second-order valence-corrected chi connectivity index (χ2v) is 5.39. The van der Waals surface area contributed by atoms with Crippen LogP contribution in [-0.4, -0.2) is 16.8 Å². The number of benzene rings is 1. The highest BCUT2D eigenvalue weighted by atomic mass is 32.2. The topological polar surface area (TPSA) is 58.6 Å². The molecule has 0 bridgehead atoms. The molecule has 0 heterocycles. The van der Waals surface area contributed by atoms with E-state index in [2.05, 4.69) is 19.0 Å². The van der Waals surface area contributed by atoms with Crippen LogP contribution in [0.5, 0.6) is 0 Å². The first-order valence-electron chi connectivity index (χ1n) is 5.92.